The van der Waals surface area contributed by atoms with E-state index >= 15 is 0 Å². The number of amides is 2. The van der Waals surface area contributed by atoms with Crippen LogP contribution in [-0.2, 0) is 9.53 Å². The molecular formula is C18H26ClN3O3. The lowest BCUT2D eigenvalue weighted by atomic mass is 10.1. The number of halogens is 1. The van der Waals surface area contributed by atoms with E-state index in [-0.39, 0.29) is 12.0 Å². The SMILES string of the molecule is CCOC(=O)N1CCN(C(=O)CCNc2c(C)cc(C)cc2Cl)CC1. The maximum Gasteiger partial charge on any atom is 0.409 e. The fraction of sp³-hybridized carbons (Fsp3) is 0.556. The van der Waals surface area contributed by atoms with Gasteiger partial charge in [0.2, 0.25) is 5.91 Å². The Morgan fingerprint density at radius 2 is 1.80 bits per heavy atom. The van der Waals surface area contributed by atoms with Crippen LogP contribution in [0.4, 0.5) is 10.5 Å². The van der Waals surface area contributed by atoms with Gasteiger partial charge in [-0.3, -0.25) is 4.79 Å². The predicted octanol–water partition coefficient (Wildman–Crippen LogP) is 3.06. The van der Waals surface area contributed by atoms with Gasteiger partial charge in [-0.1, -0.05) is 17.7 Å². The van der Waals surface area contributed by atoms with E-state index in [1.807, 2.05) is 19.9 Å². The molecule has 1 heterocycles. The molecule has 0 saturated carbocycles. The molecule has 138 valence electrons. The van der Waals surface area contributed by atoms with Gasteiger partial charge in [-0.2, -0.15) is 0 Å². The summed E-state index contributed by atoms with van der Waals surface area (Å²) in [6, 6.07) is 3.97. The Hall–Kier alpha value is -1.95. The van der Waals surface area contributed by atoms with Crippen molar-refractivity contribution < 1.29 is 14.3 Å². The van der Waals surface area contributed by atoms with Gasteiger partial charge in [0.15, 0.2) is 0 Å². The zero-order valence-electron chi connectivity index (χ0n) is 15.1. The monoisotopic (exact) mass is 367 g/mol. The number of carbonyl (C=O) groups is 2. The summed E-state index contributed by atoms with van der Waals surface area (Å²) in [6.07, 6.45) is 0.0871. The molecule has 0 bridgehead atoms. The third-order valence-corrected chi connectivity index (χ3v) is 4.53. The largest absolute Gasteiger partial charge is 0.450 e. The molecule has 0 aliphatic carbocycles. The van der Waals surface area contributed by atoms with Gasteiger partial charge in [0, 0.05) is 39.1 Å². The summed E-state index contributed by atoms with van der Waals surface area (Å²) in [7, 11) is 0. The molecule has 0 radical (unpaired) electrons. The predicted molar refractivity (Wildman–Crippen MR) is 99.2 cm³/mol. The molecule has 25 heavy (non-hydrogen) atoms. The molecule has 1 saturated heterocycles. The molecule has 6 nitrogen and oxygen atoms in total. The minimum Gasteiger partial charge on any atom is -0.450 e. The number of rotatable bonds is 5. The maximum absolute atomic E-state index is 12.3. The quantitative estimate of drug-likeness (QED) is 0.868. The van der Waals surface area contributed by atoms with Crippen molar-refractivity contribution in [1.82, 2.24) is 9.80 Å². The number of hydrogen-bond acceptors (Lipinski definition) is 4. The molecule has 0 atom stereocenters. The standard InChI is InChI=1S/C18H26ClN3O3/c1-4-25-18(24)22-9-7-21(8-10-22)16(23)5-6-20-17-14(3)11-13(2)12-15(17)19/h11-12,20H,4-10H2,1-3H3. The van der Waals surface area contributed by atoms with E-state index < -0.39 is 0 Å². The molecule has 1 aliphatic rings. The van der Waals surface area contributed by atoms with Crippen molar-refractivity contribution >= 4 is 29.3 Å². The highest BCUT2D eigenvalue weighted by atomic mass is 35.5. The van der Waals surface area contributed by atoms with Crippen LogP contribution in [0.25, 0.3) is 0 Å². The first kappa shape index (κ1) is 19.4. The van der Waals surface area contributed by atoms with Crippen molar-refractivity contribution in [2.45, 2.75) is 27.2 Å². The second kappa shape index (κ2) is 8.94. The summed E-state index contributed by atoms with van der Waals surface area (Å²) < 4.78 is 4.98. The Morgan fingerprint density at radius 1 is 1.16 bits per heavy atom. The summed E-state index contributed by atoms with van der Waals surface area (Å²) >= 11 is 6.26. The van der Waals surface area contributed by atoms with Crippen LogP contribution in [0, 0.1) is 13.8 Å². The van der Waals surface area contributed by atoms with E-state index in [9.17, 15) is 9.59 Å². The van der Waals surface area contributed by atoms with Crippen LogP contribution in [0.3, 0.4) is 0 Å². The number of piperazine rings is 1. The number of nitrogens with zero attached hydrogens (tertiary/aromatic N) is 2. The number of anilines is 1. The van der Waals surface area contributed by atoms with E-state index in [4.69, 9.17) is 16.3 Å². The van der Waals surface area contributed by atoms with Gasteiger partial charge < -0.3 is 19.9 Å². The van der Waals surface area contributed by atoms with Gasteiger partial charge in [0.25, 0.3) is 0 Å². The van der Waals surface area contributed by atoms with Crippen molar-refractivity contribution in [2.75, 3.05) is 44.6 Å². The highest BCUT2D eigenvalue weighted by molar-refractivity contribution is 6.33. The Bertz CT molecular complexity index is 605. The molecule has 2 rings (SSSR count). The number of benzene rings is 1. The summed E-state index contributed by atoms with van der Waals surface area (Å²) in [5.41, 5.74) is 3.07. The minimum absolute atomic E-state index is 0.0805. The van der Waals surface area contributed by atoms with Crippen molar-refractivity contribution in [1.29, 1.82) is 0 Å². The first-order chi connectivity index (χ1) is 11.9. The van der Waals surface area contributed by atoms with E-state index in [1.54, 1.807) is 16.7 Å². The minimum atomic E-state index is -0.305. The molecule has 0 aromatic heterocycles. The van der Waals surface area contributed by atoms with Crippen molar-refractivity contribution in [3.8, 4) is 0 Å². The fourth-order valence-electron chi connectivity index (χ4n) is 2.95. The van der Waals surface area contributed by atoms with Gasteiger partial charge >= 0.3 is 6.09 Å². The van der Waals surface area contributed by atoms with E-state index in [0.717, 1.165) is 16.8 Å². The number of hydrogen-bond donors (Lipinski definition) is 1. The summed E-state index contributed by atoms with van der Waals surface area (Å²) in [5, 5.41) is 3.93. The highest BCUT2D eigenvalue weighted by Gasteiger charge is 2.24. The van der Waals surface area contributed by atoms with Crippen LogP contribution < -0.4 is 5.32 Å². The zero-order chi connectivity index (χ0) is 18.4. The lowest BCUT2D eigenvalue weighted by molar-refractivity contribution is -0.132. The summed E-state index contributed by atoms with van der Waals surface area (Å²) in [6.45, 7) is 8.80. The van der Waals surface area contributed by atoms with E-state index in [1.165, 1.54) is 0 Å². The number of aryl methyl sites for hydroxylation is 2. The molecule has 0 unspecified atom stereocenters. The van der Waals surface area contributed by atoms with Gasteiger partial charge in [-0.15, -0.1) is 0 Å². The topological polar surface area (TPSA) is 61.9 Å². The molecule has 1 aliphatic heterocycles. The second-order valence-corrected chi connectivity index (χ2v) is 6.59. The molecule has 1 fully saturated rings. The lowest BCUT2D eigenvalue weighted by Crippen LogP contribution is -2.50. The Balaban J connectivity index is 1.77. The smallest absolute Gasteiger partial charge is 0.409 e. The molecule has 1 aromatic rings. The summed E-state index contributed by atoms with van der Waals surface area (Å²) in [5.74, 6) is 0.0805. The summed E-state index contributed by atoms with van der Waals surface area (Å²) in [4.78, 5) is 27.4. The molecular weight excluding hydrogens is 342 g/mol. The number of carbonyl (C=O) groups excluding carboxylic acids is 2. The van der Waals surface area contributed by atoms with Crippen molar-refractivity contribution in [3.05, 3.63) is 28.3 Å². The van der Waals surface area contributed by atoms with Crippen LogP contribution in [0.5, 0.6) is 0 Å². The van der Waals surface area contributed by atoms with Crippen LogP contribution in [0.2, 0.25) is 5.02 Å². The van der Waals surface area contributed by atoms with E-state index in [0.29, 0.717) is 50.8 Å². The Morgan fingerprint density at radius 3 is 2.40 bits per heavy atom. The Kier molecular flexibility index (Phi) is 6.93. The molecule has 7 heteroatoms. The Labute approximate surface area is 154 Å². The number of ether oxygens (including phenoxy) is 1. The van der Waals surface area contributed by atoms with Crippen LogP contribution in [0.1, 0.15) is 24.5 Å². The van der Waals surface area contributed by atoms with Crippen molar-refractivity contribution in [2.24, 2.45) is 0 Å². The van der Waals surface area contributed by atoms with Gasteiger partial charge in [-0.25, -0.2) is 4.79 Å². The van der Waals surface area contributed by atoms with Crippen LogP contribution >= 0.6 is 11.6 Å². The van der Waals surface area contributed by atoms with Crippen molar-refractivity contribution in [3.63, 3.8) is 0 Å². The van der Waals surface area contributed by atoms with Gasteiger partial charge in [0.1, 0.15) is 0 Å². The van der Waals surface area contributed by atoms with Crippen LogP contribution in [0.15, 0.2) is 12.1 Å². The zero-order valence-corrected chi connectivity index (χ0v) is 15.9. The fourth-order valence-corrected chi connectivity index (χ4v) is 3.33. The molecule has 1 aromatic carbocycles. The average Bonchev–Trinajstić information content (AvgIpc) is 2.57. The second-order valence-electron chi connectivity index (χ2n) is 6.18. The van der Waals surface area contributed by atoms with Crippen LogP contribution in [-0.4, -0.2) is 61.1 Å². The first-order valence-electron chi connectivity index (χ1n) is 8.62. The third-order valence-electron chi connectivity index (χ3n) is 4.23. The molecule has 0 spiro atoms. The van der Waals surface area contributed by atoms with Gasteiger partial charge in [-0.05, 0) is 38.0 Å². The normalized spacial score (nSPS) is 14.4. The van der Waals surface area contributed by atoms with E-state index in [2.05, 4.69) is 11.4 Å². The molecule has 2 amide bonds. The maximum atomic E-state index is 12.3. The third kappa shape index (κ3) is 5.26. The first-order valence-corrected chi connectivity index (χ1v) is 9.00. The number of nitrogens with one attached hydrogen (secondary N) is 1. The highest BCUT2D eigenvalue weighted by Crippen LogP contribution is 2.27. The molecule has 1 N–H and O–H groups in total. The van der Waals surface area contributed by atoms with Gasteiger partial charge in [0.05, 0.1) is 17.3 Å². The lowest BCUT2D eigenvalue weighted by Gasteiger charge is -2.34. The average molecular weight is 368 g/mol.